The number of aliphatic hydroxyl groups is 6. The number of amides is 7. The van der Waals surface area contributed by atoms with Gasteiger partial charge in [-0.3, -0.25) is 38.4 Å². The lowest BCUT2D eigenvalue weighted by molar-refractivity contribution is -0.333. The molecule has 2 saturated heterocycles. The summed E-state index contributed by atoms with van der Waals surface area (Å²) in [5.74, 6) is -16.6. The van der Waals surface area contributed by atoms with Crippen molar-refractivity contribution >= 4 is 76.5 Å². The van der Waals surface area contributed by atoms with Crippen LogP contribution in [0.25, 0.3) is 11.1 Å². The average molecular weight is 1710 g/mol. The highest BCUT2D eigenvalue weighted by atomic mass is 35.5. The van der Waals surface area contributed by atoms with Crippen molar-refractivity contribution in [2.75, 3.05) is 13.7 Å². The van der Waals surface area contributed by atoms with Crippen molar-refractivity contribution in [3.63, 3.8) is 0 Å². The number of carbonyl (C=O) groups excluding carboxylic acids is 7. The molecule has 0 spiro atoms. The molecule has 37 heteroatoms. The maximum absolute atomic E-state index is 16.0. The average Bonchev–Trinajstić information content (AvgIpc) is 0.765. The van der Waals surface area contributed by atoms with Crippen LogP contribution >= 0.6 is 23.2 Å². The maximum atomic E-state index is 16.0. The van der Waals surface area contributed by atoms with Crippen LogP contribution < -0.4 is 62.9 Å². The number of nitrogens with two attached hydrogens (primary N) is 2. The smallest absolute Gasteiger partial charge is 0.330 e. The topological polar surface area (TPSA) is 568 Å². The summed E-state index contributed by atoms with van der Waals surface area (Å²) < 4.78 is 38.3. The molecular formula is C82H107Cl2N9O26. The van der Waals surface area contributed by atoms with E-state index in [1.54, 1.807) is 0 Å². The third kappa shape index (κ3) is 23.7. The zero-order valence-electron chi connectivity index (χ0n) is 66.6. The fourth-order valence-corrected chi connectivity index (χ4v) is 15.2. The van der Waals surface area contributed by atoms with Gasteiger partial charge in [0.1, 0.15) is 89.5 Å². The number of aromatic hydroxyl groups is 3. The fraction of sp³-hybridized carbons (Fsp3) is 0.524. The Labute approximate surface area is 696 Å². The van der Waals surface area contributed by atoms with Crippen LogP contribution in [0.1, 0.15) is 202 Å². The summed E-state index contributed by atoms with van der Waals surface area (Å²) in [7, 11) is 1.47. The third-order valence-corrected chi connectivity index (χ3v) is 21.9. The Balaban J connectivity index is 0.000000797. The number of hydrogen-bond acceptors (Lipinski definition) is 26. The van der Waals surface area contributed by atoms with Crippen LogP contribution in [0.2, 0.25) is 10.0 Å². The van der Waals surface area contributed by atoms with Gasteiger partial charge in [-0.05, 0) is 117 Å². The molecule has 5 aromatic rings. The Hall–Kier alpha value is -9.73. The number of benzene rings is 5. The van der Waals surface area contributed by atoms with Crippen LogP contribution in [-0.4, -0.2) is 202 Å². The monoisotopic (exact) mass is 1700 g/mol. The molecule has 7 heterocycles. The van der Waals surface area contributed by atoms with Gasteiger partial charge in [0.2, 0.25) is 53.4 Å². The lowest BCUT2D eigenvalue weighted by Gasteiger charge is -2.47. The summed E-state index contributed by atoms with van der Waals surface area (Å²) in [4.78, 5) is 127. The van der Waals surface area contributed by atoms with E-state index in [0.29, 0.717) is 6.42 Å². The van der Waals surface area contributed by atoms with E-state index in [2.05, 4.69) is 44.1 Å². The molecule has 7 amide bonds. The molecule has 0 saturated carbocycles. The molecule has 22 N–H and O–H groups in total. The molecule has 0 aliphatic carbocycles. The van der Waals surface area contributed by atoms with Gasteiger partial charge in [-0.25, -0.2) is 4.79 Å². The number of rotatable bonds is 27. The number of hydrogen-bond donors (Lipinski definition) is 20. The second-order valence-corrected chi connectivity index (χ2v) is 31.9. The molecule has 7 aliphatic rings. The van der Waals surface area contributed by atoms with Crippen molar-refractivity contribution in [2.24, 2.45) is 17.4 Å². The minimum absolute atomic E-state index is 0.0975. The van der Waals surface area contributed by atoms with Crippen LogP contribution in [0, 0.1) is 5.92 Å². The van der Waals surface area contributed by atoms with E-state index in [4.69, 9.17) is 68.2 Å². The first kappa shape index (κ1) is 93.1. The lowest BCUT2D eigenvalue weighted by atomic mass is 9.86. The molecule has 12 rings (SSSR count). The summed E-state index contributed by atoms with van der Waals surface area (Å²) in [6.45, 7) is 7.92. The Bertz CT molecular complexity index is 4460. The highest BCUT2D eigenvalue weighted by molar-refractivity contribution is 6.32. The molecule has 0 radical (unpaired) electrons. The number of carboxylic acids is 2. The van der Waals surface area contributed by atoms with Crippen LogP contribution in [0.15, 0.2) is 78.9 Å². The standard InChI is InChI=1S/C66H75Cl2N9O24.C16H32O2/c1-23(2)12-34(71-5)58(88)76-49-51(83)26-7-10-38(32(67)14-26)97-40-16-28-17-41(55(40)101-65-56(54(86)53(85)42(22-78)99-65)100-44-21-66(4,70)57(87)24(3)96-44)98-39-11-8-27(15-33(39)68)52(84)50-63(93)75-48(64(94)95)31-18-29(79)19-37(81)45(31)30-13-25(6-9-36(30)80)46(60(90)77-50)74-61(91)47(28)73-59(89)35(20-43(69)82)72-62(49)92;1-2-3-4-5-6-7-8-9-10-11-12-13-14-15-16(17)18/h6-11,13-19,23-24,34-35,42,44,46-54,56-57,65,71,78-81,83-87H,12,20-22,70H2,1-5H3,(H2,69,82)(H,72,92)(H,73,89)(H,74,91)(H,75,93)(H,76,88)(H,77,90)(H,94,95);2-15H2,1H3,(H,17,18)/t24-,34+,35-,42+,44-,46+,47+,48-,49+,50-,51+,52+,53+,54-,56+,57+,65-,66-;/m0./s1. The maximum Gasteiger partial charge on any atom is 0.330 e. The molecule has 7 aliphatic heterocycles. The van der Waals surface area contributed by atoms with Crippen LogP contribution in [0.4, 0.5) is 0 Å². The number of halogens is 2. The summed E-state index contributed by atoms with van der Waals surface area (Å²) in [5, 5.41) is 139. The van der Waals surface area contributed by atoms with Crippen LogP contribution in [0.5, 0.6) is 46.0 Å². The quantitative estimate of drug-likeness (QED) is 0.0282. The van der Waals surface area contributed by atoms with Gasteiger partial charge in [0.05, 0.1) is 41.3 Å². The van der Waals surface area contributed by atoms with Crippen molar-refractivity contribution in [3.8, 4) is 57.1 Å². The van der Waals surface area contributed by atoms with Gasteiger partial charge in [-0.2, -0.15) is 0 Å². The van der Waals surface area contributed by atoms with E-state index < -0.39 is 243 Å². The number of unbranched alkanes of at least 4 members (excludes halogenated alkanes) is 12. The summed E-state index contributed by atoms with van der Waals surface area (Å²) in [5.41, 5.74) is 8.00. The first-order valence-electron chi connectivity index (χ1n) is 39.6. The van der Waals surface area contributed by atoms with E-state index in [1.165, 1.54) is 104 Å². The van der Waals surface area contributed by atoms with E-state index in [9.17, 15) is 79.8 Å². The Morgan fingerprint density at radius 2 is 1.21 bits per heavy atom. The molecule has 18 atom stereocenters. The molecule has 2 fully saturated rings. The number of primary amides is 1. The first-order chi connectivity index (χ1) is 56.4. The third-order valence-electron chi connectivity index (χ3n) is 21.3. The van der Waals surface area contributed by atoms with Crippen LogP contribution in [0.3, 0.4) is 0 Å². The van der Waals surface area contributed by atoms with Crippen LogP contribution in [-0.2, 0) is 57.4 Å². The molecule has 0 aromatic heterocycles. The van der Waals surface area contributed by atoms with E-state index >= 15 is 14.4 Å². The molecule has 11 bridgehead atoms. The number of nitrogens with one attached hydrogen (secondary N) is 7. The Morgan fingerprint density at radius 3 is 1.76 bits per heavy atom. The second kappa shape index (κ2) is 42.0. The zero-order valence-corrected chi connectivity index (χ0v) is 68.1. The van der Waals surface area contributed by atoms with Crippen molar-refractivity contribution in [2.45, 2.75) is 253 Å². The van der Waals surface area contributed by atoms with Gasteiger partial charge in [0.25, 0.3) is 0 Å². The number of ether oxygens (including phenoxy) is 6. The summed E-state index contributed by atoms with van der Waals surface area (Å²) in [6, 6.07) is -0.679. The summed E-state index contributed by atoms with van der Waals surface area (Å²) in [6.07, 6.45) is -1.28. The highest BCUT2D eigenvalue weighted by Gasteiger charge is 2.52. The second-order valence-electron chi connectivity index (χ2n) is 31.1. The highest BCUT2D eigenvalue weighted by Crippen LogP contribution is 2.50. The number of phenolic OH excluding ortho intramolecular Hbond substituents is 3. The minimum atomic E-state index is -2.35. The molecule has 650 valence electrons. The number of carbonyl (C=O) groups is 9. The van der Waals surface area contributed by atoms with E-state index in [1.807, 2.05) is 13.8 Å². The zero-order chi connectivity index (χ0) is 87.0. The Kier molecular flexibility index (Phi) is 32.9. The summed E-state index contributed by atoms with van der Waals surface area (Å²) >= 11 is 14.1. The minimum Gasteiger partial charge on any atom is -0.508 e. The number of likely N-dealkylation sites (N-methyl/N-ethyl adjacent to an activating group) is 1. The van der Waals surface area contributed by atoms with Gasteiger partial charge in [0.15, 0.2) is 29.9 Å². The molecule has 5 aromatic carbocycles. The van der Waals surface area contributed by atoms with E-state index in [0.717, 1.165) is 79.6 Å². The molecule has 119 heavy (non-hydrogen) atoms. The normalized spacial score (nSPS) is 26.6. The van der Waals surface area contributed by atoms with Gasteiger partial charge in [-0.1, -0.05) is 139 Å². The Morgan fingerprint density at radius 1 is 0.647 bits per heavy atom. The number of fused-ring (bicyclic) bond motifs is 15. The van der Waals surface area contributed by atoms with Gasteiger partial charge in [0, 0.05) is 41.1 Å². The number of aliphatic hydroxyl groups excluding tert-OH is 6. The number of aliphatic carboxylic acids is 2. The lowest BCUT2D eigenvalue weighted by Crippen LogP contribution is -2.64. The number of carboxylic acid groups (broad SMARTS) is 2. The van der Waals surface area contributed by atoms with Gasteiger partial charge >= 0.3 is 11.9 Å². The predicted octanol–water partition coefficient (Wildman–Crippen LogP) is 5.66. The van der Waals surface area contributed by atoms with Gasteiger partial charge in [-0.15, -0.1) is 0 Å². The fourth-order valence-electron chi connectivity index (χ4n) is 14.8. The van der Waals surface area contributed by atoms with Crippen molar-refractivity contribution in [1.29, 1.82) is 0 Å². The molecule has 35 nitrogen and oxygen atoms in total. The molecule has 0 unspecified atom stereocenters. The predicted molar refractivity (Wildman–Crippen MR) is 427 cm³/mol. The SMILES string of the molecule is CCCCCCCCCCCCCCCC(=O)O.CN[C@H](CC(C)C)C(=O)N[C@H]1C(=O)N[C@@H](CC(N)=O)C(=O)N[C@H]2C(=O)N[C@H]3C(=O)N[C@H](C(=O)N[C@H](C(=O)O)c4cc(O)cc(O)c4-c4cc3ccc4O)[C@H](O)c3ccc(c(Cl)c3)Oc3cc2cc(c3O[C@@H]2O[C@H](CO)[C@@H](O)[C@H](O)[C@H]2O[C@H]2C[C@](C)(N)[C@H](O)[C@H](C)O2)Oc2ccc(cc2Cl)[C@H]1O. The first-order valence-corrected chi connectivity index (χ1v) is 40.4. The van der Waals surface area contributed by atoms with Crippen molar-refractivity contribution < 1.29 is 128 Å². The molecular weight excluding hydrogens is 1600 g/mol. The largest absolute Gasteiger partial charge is 0.508 e. The van der Waals surface area contributed by atoms with Crippen molar-refractivity contribution in [3.05, 3.63) is 117 Å². The number of phenols is 3. The van der Waals surface area contributed by atoms with E-state index in [-0.39, 0.29) is 46.2 Å². The van der Waals surface area contributed by atoms with Crippen molar-refractivity contribution in [1.82, 2.24) is 37.2 Å². The van der Waals surface area contributed by atoms with Gasteiger partial charge < -0.3 is 133 Å².